The molecule has 2 nitrogen and oxygen atoms in total. The molecule has 12 heavy (non-hydrogen) atoms. The van der Waals surface area contributed by atoms with Crippen LogP contribution in [0.4, 0.5) is 0 Å². The summed E-state index contributed by atoms with van der Waals surface area (Å²) in [6, 6.07) is 5.54. The van der Waals surface area contributed by atoms with Gasteiger partial charge in [-0.25, -0.2) is 0 Å². The second-order valence-corrected chi connectivity index (χ2v) is 4.28. The number of halogens is 1. The molecule has 0 spiro atoms. The second-order valence-electron chi connectivity index (χ2n) is 2.53. The van der Waals surface area contributed by atoms with Gasteiger partial charge in [-0.2, -0.15) is 0 Å². The van der Waals surface area contributed by atoms with Gasteiger partial charge in [-0.05, 0) is 24.1 Å². The Hall–Kier alpha value is -0.190. The van der Waals surface area contributed by atoms with Crippen LogP contribution in [-0.4, -0.2) is 8.76 Å². The fourth-order valence-electron chi connectivity index (χ4n) is 0.862. The summed E-state index contributed by atoms with van der Waals surface area (Å²) < 4.78 is 21.6. The van der Waals surface area contributed by atoms with Gasteiger partial charge in [0.15, 0.2) is 0 Å². The first-order valence-corrected chi connectivity index (χ1v) is 5.44. The summed E-state index contributed by atoms with van der Waals surface area (Å²) in [5.41, 5.74) is 1.91. The zero-order chi connectivity index (χ0) is 9.14. The van der Waals surface area contributed by atoms with Crippen molar-refractivity contribution < 1.29 is 8.76 Å². The van der Waals surface area contributed by atoms with Gasteiger partial charge >= 0.3 is 0 Å². The van der Waals surface area contributed by atoms with Gasteiger partial charge in [0.25, 0.3) is 0 Å². The Labute approximate surface area is 82.4 Å². The molecule has 0 radical (unpaired) electrons. The Morgan fingerprint density at radius 1 is 1.58 bits per heavy atom. The van der Waals surface area contributed by atoms with Crippen LogP contribution < -0.4 is 0 Å². The molecular weight excluding hydrogens is 240 g/mol. The van der Waals surface area contributed by atoms with Crippen molar-refractivity contribution in [3.63, 3.8) is 0 Å². The van der Waals surface area contributed by atoms with E-state index < -0.39 is 11.1 Å². The minimum absolute atomic E-state index is 0.0822. The van der Waals surface area contributed by atoms with E-state index in [-0.39, 0.29) is 5.75 Å². The summed E-state index contributed by atoms with van der Waals surface area (Å²) in [5, 5.41) is 0. The van der Waals surface area contributed by atoms with Crippen molar-refractivity contribution in [2.45, 2.75) is 12.7 Å². The maximum absolute atomic E-state index is 10.3. The normalized spacial score (nSPS) is 12.9. The summed E-state index contributed by atoms with van der Waals surface area (Å²) in [6.45, 7) is 1.96. The Morgan fingerprint density at radius 2 is 2.25 bits per heavy atom. The Balaban J connectivity index is 2.89. The smallest absolute Gasteiger partial charge is 0.0353 e. The van der Waals surface area contributed by atoms with Gasteiger partial charge < -0.3 is 4.55 Å². The predicted molar refractivity (Wildman–Crippen MR) is 51.5 cm³/mol. The fourth-order valence-corrected chi connectivity index (χ4v) is 1.74. The Kier molecular flexibility index (Phi) is 3.43. The lowest BCUT2D eigenvalue weighted by molar-refractivity contribution is 0.536. The first kappa shape index (κ1) is 9.89. The maximum Gasteiger partial charge on any atom is 0.0353 e. The largest absolute Gasteiger partial charge is 0.772 e. The highest BCUT2D eigenvalue weighted by molar-refractivity contribution is 9.10. The molecule has 0 aliphatic carbocycles. The topological polar surface area (TPSA) is 40.1 Å². The molecule has 0 aliphatic heterocycles. The standard InChI is InChI=1S/C8H9BrO2S/c1-6-2-3-7(4-8(6)9)5-12(10)11/h2-4H,5H2,1H3,(H,10,11)/p-1. The number of hydrogen-bond donors (Lipinski definition) is 0. The van der Waals surface area contributed by atoms with Gasteiger partial charge in [0.2, 0.25) is 0 Å². The minimum atomic E-state index is -2.00. The predicted octanol–water partition coefficient (Wildman–Crippen LogP) is 2.14. The summed E-state index contributed by atoms with van der Waals surface area (Å²) in [7, 11) is 0. The third-order valence-corrected chi connectivity index (χ3v) is 2.94. The molecule has 0 amide bonds. The molecular formula is C8H8BrO2S-. The molecule has 0 heterocycles. The van der Waals surface area contributed by atoms with Crippen LogP contribution >= 0.6 is 15.9 Å². The lowest BCUT2D eigenvalue weighted by Crippen LogP contribution is -1.93. The third kappa shape index (κ3) is 2.69. The van der Waals surface area contributed by atoms with E-state index in [9.17, 15) is 8.76 Å². The van der Waals surface area contributed by atoms with E-state index in [0.717, 1.165) is 15.6 Å². The molecule has 66 valence electrons. The van der Waals surface area contributed by atoms with Crippen molar-refractivity contribution in [1.29, 1.82) is 0 Å². The highest BCUT2D eigenvalue weighted by Crippen LogP contribution is 2.17. The number of rotatable bonds is 2. The number of benzene rings is 1. The van der Waals surface area contributed by atoms with Crippen molar-refractivity contribution in [1.82, 2.24) is 0 Å². The first-order chi connectivity index (χ1) is 5.59. The van der Waals surface area contributed by atoms with E-state index in [1.807, 2.05) is 25.1 Å². The zero-order valence-electron chi connectivity index (χ0n) is 6.54. The molecule has 0 aliphatic rings. The van der Waals surface area contributed by atoms with Gasteiger partial charge in [-0.15, -0.1) is 0 Å². The molecule has 4 heteroatoms. The Bertz CT molecular complexity index is 312. The fraction of sp³-hybridized carbons (Fsp3) is 0.250. The van der Waals surface area contributed by atoms with Crippen LogP contribution in [0.1, 0.15) is 11.1 Å². The summed E-state index contributed by atoms with van der Waals surface area (Å²) in [5.74, 6) is 0.0822. The van der Waals surface area contributed by atoms with Gasteiger partial charge in [0.05, 0.1) is 0 Å². The van der Waals surface area contributed by atoms with E-state index in [1.165, 1.54) is 0 Å². The van der Waals surface area contributed by atoms with Crippen molar-refractivity contribution >= 4 is 27.0 Å². The van der Waals surface area contributed by atoms with Crippen LogP contribution in [0.15, 0.2) is 22.7 Å². The van der Waals surface area contributed by atoms with Crippen LogP contribution in [0.25, 0.3) is 0 Å². The van der Waals surface area contributed by atoms with Crippen LogP contribution in [0.5, 0.6) is 0 Å². The summed E-state index contributed by atoms with van der Waals surface area (Å²) in [4.78, 5) is 0. The second kappa shape index (κ2) is 4.16. The lowest BCUT2D eigenvalue weighted by Gasteiger charge is -2.06. The molecule has 0 bridgehead atoms. The van der Waals surface area contributed by atoms with E-state index in [2.05, 4.69) is 15.9 Å². The van der Waals surface area contributed by atoms with Crippen LogP contribution in [0, 0.1) is 6.92 Å². The minimum Gasteiger partial charge on any atom is -0.772 e. The van der Waals surface area contributed by atoms with E-state index >= 15 is 0 Å². The number of hydrogen-bond acceptors (Lipinski definition) is 2. The molecule has 0 N–H and O–H groups in total. The van der Waals surface area contributed by atoms with Gasteiger partial charge in [-0.3, -0.25) is 4.21 Å². The van der Waals surface area contributed by atoms with Crippen molar-refractivity contribution in [2.24, 2.45) is 0 Å². The molecule has 1 aromatic rings. The molecule has 1 atom stereocenters. The van der Waals surface area contributed by atoms with Gasteiger partial charge in [0.1, 0.15) is 0 Å². The summed E-state index contributed by atoms with van der Waals surface area (Å²) >= 11 is 1.33. The van der Waals surface area contributed by atoms with Crippen molar-refractivity contribution in [3.05, 3.63) is 33.8 Å². The first-order valence-electron chi connectivity index (χ1n) is 3.40. The van der Waals surface area contributed by atoms with Gasteiger partial charge in [-0.1, -0.05) is 39.1 Å². The number of aryl methyl sites for hydroxylation is 1. The van der Waals surface area contributed by atoms with E-state index in [4.69, 9.17) is 0 Å². The van der Waals surface area contributed by atoms with E-state index in [0.29, 0.717) is 0 Å². The van der Waals surface area contributed by atoms with Crippen molar-refractivity contribution in [2.75, 3.05) is 0 Å². The highest BCUT2D eigenvalue weighted by atomic mass is 79.9. The van der Waals surface area contributed by atoms with Crippen LogP contribution in [0.2, 0.25) is 0 Å². The zero-order valence-corrected chi connectivity index (χ0v) is 8.94. The monoisotopic (exact) mass is 247 g/mol. The summed E-state index contributed by atoms with van der Waals surface area (Å²) in [6.07, 6.45) is 0. The average Bonchev–Trinajstić information content (AvgIpc) is 1.96. The highest BCUT2D eigenvalue weighted by Gasteiger charge is 1.96. The molecule has 0 fully saturated rings. The molecule has 0 saturated carbocycles. The van der Waals surface area contributed by atoms with E-state index in [1.54, 1.807) is 0 Å². The van der Waals surface area contributed by atoms with Crippen LogP contribution in [0.3, 0.4) is 0 Å². The quantitative estimate of drug-likeness (QED) is 0.752. The average molecular weight is 248 g/mol. The lowest BCUT2D eigenvalue weighted by atomic mass is 10.2. The van der Waals surface area contributed by atoms with Gasteiger partial charge in [0, 0.05) is 10.2 Å². The molecule has 1 rings (SSSR count). The van der Waals surface area contributed by atoms with Crippen LogP contribution in [-0.2, 0) is 16.8 Å². The maximum atomic E-state index is 10.3. The SMILES string of the molecule is Cc1ccc(CS(=O)[O-])cc1Br. The molecule has 1 unspecified atom stereocenters. The Morgan fingerprint density at radius 3 is 2.75 bits per heavy atom. The van der Waals surface area contributed by atoms with Crippen molar-refractivity contribution in [3.8, 4) is 0 Å². The molecule has 0 saturated heterocycles. The molecule has 0 aromatic heterocycles. The third-order valence-electron chi connectivity index (χ3n) is 1.52. The molecule has 1 aromatic carbocycles.